The molecule has 2 rings (SSSR count). The molecule has 0 aromatic heterocycles. The van der Waals surface area contributed by atoms with E-state index in [0.29, 0.717) is 11.1 Å². The molecule has 0 atom stereocenters. The zero-order valence-corrected chi connectivity index (χ0v) is 12.6. The summed E-state index contributed by atoms with van der Waals surface area (Å²) in [6, 6.07) is 12.9. The van der Waals surface area contributed by atoms with Gasteiger partial charge in [0.25, 0.3) is 5.91 Å². The van der Waals surface area contributed by atoms with E-state index in [1.807, 2.05) is 51.1 Å². The summed E-state index contributed by atoms with van der Waals surface area (Å²) < 4.78 is 0. The average molecular weight is 281 g/mol. The summed E-state index contributed by atoms with van der Waals surface area (Å²) in [4.78, 5) is 24.3. The predicted octanol–water partition coefficient (Wildman–Crippen LogP) is 3.22. The molecule has 0 aliphatic carbocycles. The number of hydrogen-bond donors (Lipinski definition) is 1. The Balaban J connectivity index is 2.08. The van der Waals surface area contributed by atoms with Crippen LogP contribution in [0.5, 0.6) is 0 Å². The van der Waals surface area contributed by atoms with Crippen molar-refractivity contribution in [2.75, 3.05) is 6.54 Å². The quantitative estimate of drug-likeness (QED) is 0.875. The minimum absolute atomic E-state index is 0.00953. The molecule has 1 amide bonds. The minimum atomic E-state index is -0.200. The first-order valence-corrected chi connectivity index (χ1v) is 6.93. The summed E-state index contributed by atoms with van der Waals surface area (Å²) >= 11 is 0. The highest BCUT2D eigenvalue weighted by atomic mass is 16.2. The number of aryl methyl sites for hydroxylation is 3. The van der Waals surface area contributed by atoms with E-state index in [0.717, 1.165) is 16.7 Å². The van der Waals surface area contributed by atoms with Gasteiger partial charge in [0.05, 0.1) is 6.54 Å². The van der Waals surface area contributed by atoms with Crippen molar-refractivity contribution >= 4 is 11.7 Å². The zero-order chi connectivity index (χ0) is 15.4. The van der Waals surface area contributed by atoms with Gasteiger partial charge in [0.15, 0.2) is 5.78 Å². The fraction of sp³-hybridized carbons (Fsp3) is 0.222. The molecule has 0 spiro atoms. The Morgan fingerprint density at radius 2 is 1.52 bits per heavy atom. The SMILES string of the molecule is Cc1cc(C)c(C(=O)NCC(=O)c2ccccc2)c(C)c1. The number of carbonyl (C=O) groups is 2. The van der Waals surface area contributed by atoms with Crippen molar-refractivity contribution < 1.29 is 9.59 Å². The van der Waals surface area contributed by atoms with Gasteiger partial charge in [-0.3, -0.25) is 9.59 Å². The minimum Gasteiger partial charge on any atom is -0.345 e. The molecule has 1 N–H and O–H groups in total. The molecule has 3 heteroatoms. The van der Waals surface area contributed by atoms with E-state index < -0.39 is 0 Å². The number of nitrogens with one attached hydrogen (secondary N) is 1. The molecule has 0 aliphatic rings. The first kappa shape index (κ1) is 15.0. The normalized spacial score (nSPS) is 10.2. The van der Waals surface area contributed by atoms with Gasteiger partial charge in [0.2, 0.25) is 0 Å². The summed E-state index contributed by atoms with van der Waals surface area (Å²) in [7, 11) is 0. The van der Waals surface area contributed by atoms with Crippen LogP contribution in [0.1, 0.15) is 37.4 Å². The summed E-state index contributed by atoms with van der Waals surface area (Å²) in [6.45, 7) is 5.83. The Morgan fingerprint density at radius 1 is 0.952 bits per heavy atom. The van der Waals surface area contributed by atoms with Gasteiger partial charge in [0, 0.05) is 11.1 Å². The van der Waals surface area contributed by atoms with E-state index in [2.05, 4.69) is 5.32 Å². The van der Waals surface area contributed by atoms with Crippen molar-refractivity contribution in [3.8, 4) is 0 Å². The monoisotopic (exact) mass is 281 g/mol. The van der Waals surface area contributed by atoms with Gasteiger partial charge < -0.3 is 5.32 Å². The molecule has 108 valence electrons. The third-order valence-corrected chi connectivity index (χ3v) is 3.41. The van der Waals surface area contributed by atoms with Gasteiger partial charge in [0.1, 0.15) is 0 Å². The number of ketones is 1. The number of Topliss-reactive ketones (excluding diaryl/α,β-unsaturated/α-hetero) is 1. The molecule has 3 nitrogen and oxygen atoms in total. The molecule has 0 radical (unpaired) electrons. The zero-order valence-electron chi connectivity index (χ0n) is 12.6. The summed E-state index contributed by atoms with van der Waals surface area (Å²) in [6.07, 6.45) is 0. The van der Waals surface area contributed by atoms with E-state index in [1.54, 1.807) is 12.1 Å². The number of amides is 1. The van der Waals surface area contributed by atoms with Gasteiger partial charge >= 0.3 is 0 Å². The topological polar surface area (TPSA) is 46.2 Å². The maximum atomic E-state index is 12.3. The lowest BCUT2D eigenvalue weighted by Crippen LogP contribution is -2.30. The van der Waals surface area contributed by atoms with E-state index in [-0.39, 0.29) is 18.2 Å². The molecule has 0 saturated carbocycles. The smallest absolute Gasteiger partial charge is 0.252 e. The Labute approximate surface area is 125 Å². The summed E-state index contributed by atoms with van der Waals surface area (Å²) in [5.74, 6) is -0.291. The lowest BCUT2D eigenvalue weighted by atomic mass is 9.99. The van der Waals surface area contributed by atoms with Crippen LogP contribution in [0.3, 0.4) is 0 Å². The Hall–Kier alpha value is -2.42. The molecule has 0 bridgehead atoms. The molecule has 0 unspecified atom stereocenters. The van der Waals surface area contributed by atoms with Crippen LogP contribution in [-0.2, 0) is 0 Å². The molecule has 2 aromatic rings. The van der Waals surface area contributed by atoms with E-state index in [9.17, 15) is 9.59 Å². The van der Waals surface area contributed by atoms with E-state index >= 15 is 0 Å². The summed E-state index contributed by atoms with van der Waals surface area (Å²) in [5, 5.41) is 2.71. The predicted molar refractivity (Wildman–Crippen MR) is 83.8 cm³/mol. The summed E-state index contributed by atoms with van der Waals surface area (Å²) in [5.41, 5.74) is 4.24. The molecule has 0 saturated heterocycles. The van der Waals surface area contributed by atoms with Crippen molar-refractivity contribution in [3.05, 3.63) is 70.3 Å². The van der Waals surface area contributed by atoms with Crippen LogP contribution in [0.15, 0.2) is 42.5 Å². The first-order chi connectivity index (χ1) is 9.99. The average Bonchev–Trinajstić information content (AvgIpc) is 2.44. The van der Waals surface area contributed by atoms with Crippen molar-refractivity contribution in [1.29, 1.82) is 0 Å². The van der Waals surface area contributed by atoms with Crippen molar-refractivity contribution in [2.24, 2.45) is 0 Å². The maximum Gasteiger partial charge on any atom is 0.252 e. The second kappa shape index (κ2) is 6.35. The molecular formula is C18H19NO2. The van der Waals surface area contributed by atoms with Crippen LogP contribution < -0.4 is 5.32 Å². The lowest BCUT2D eigenvalue weighted by molar-refractivity contribution is 0.0903. The molecule has 0 aliphatic heterocycles. The van der Waals surface area contributed by atoms with Crippen LogP contribution in [0, 0.1) is 20.8 Å². The maximum absolute atomic E-state index is 12.3. The molecule has 21 heavy (non-hydrogen) atoms. The second-order valence-electron chi connectivity index (χ2n) is 5.25. The van der Waals surface area contributed by atoms with Crippen molar-refractivity contribution in [3.63, 3.8) is 0 Å². The fourth-order valence-electron chi connectivity index (χ4n) is 2.51. The van der Waals surface area contributed by atoms with E-state index in [4.69, 9.17) is 0 Å². The van der Waals surface area contributed by atoms with Gasteiger partial charge in [-0.1, -0.05) is 48.0 Å². The van der Waals surface area contributed by atoms with Crippen LogP contribution >= 0.6 is 0 Å². The Morgan fingerprint density at radius 3 is 2.10 bits per heavy atom. The Bertz CT molecular complexity index is 652. The molecule has 0 fully saturated rings. The second-order valence-corrected chi connectivity index (χ2v) is 5.25. The number of rotatable bonds is 4. The largest absolute Gasteiger partial charge is 0.345 e. The van der Waals surface area contributed by atoms with Crippen LogP contribution in [0.25, 0.3) is 0 Å². The van der Waals surface area contributed by atoms with Gasteiger partial charge in [-0.25, -0.2) is 0 Å². The highest BCUT2D eigenvalue weighted by Crippen LogP contribution is 2.16. The lowest BCUT2D eigenvalue weighted by Gasteiger charge is -2.11. The van der Waals surface area contributed by atoms with Crippen molar-refractivity contribution in [2.45, 2.75) is 20.8 Å². The van der Waals surface area contributed by atoms with Gasteiger partial charge in [-0.2, -0.15) is 0 Å². The molecular weight excluding hydrogens is 262 g/mol. The molecule has 2 aromatic carbocycles. The highest BCUT2D eigenvalue weighted by molar-refractivity contribution is 6.03. The number of benzene rings is 2. The standard InChI is InChI=1S/C18H19NO2/c1-12-9-13(2)17(14(3)10-12)18(21)19-11-16(20)15-7-5-4-6-8-15/h4-10H,11H2,1-3H3,(H,19,21). The van der Waals surface area contributed by atoms with Crippen LogP contribution in [0.2, 0.25) is 0 Å². The number of carbonyl (C=O) groups excluding carboxylic acids is 2. The Kier molecular flexibility index (Phi) is 4.53. The molecule has 0 heterocycles. The number of hydrogen-bond acceptors (Lipinski definition) is 2. The third-order valence-electron chi connectivity index (χ3n) is 3.41. The van der Waals surface area contributed by atoms with Crippen LogP contribution in [0.4, 0.5) is 0 Å². The van der Waals surface area contributed by atoms with Gasteiger partial charge in [-0.05, 0) is 31.9 Å². The fourth-order valence-corrected chi connectivity index (χ4v) is 2.51. The van der Waals surface area contributed by atoms with Crippen LogP contribution in [-0.4, -0.2) is 18.2 Å². The highest BCUT2D eigenvalue weighted by Gasteiger charge is 2.14. The van der Waals surface area contributed by atoms with Gasteiger partial charge in [-0.15, -0.1) is 0 Å². The third kappa shape index (κ3) is 3.57. The van der Waals surface area contributed by atoms with Crippen molar-refractivity contribution in [1.82, 2.24) is 5.32 Å². The van der Waals surface area contributed by atoms with E-state index in [1.165, 1.54) is 0 Å². The first-order valence-electron chi connectivity index (χ1n) is 6.93.